The summed E-state index contributed by atoms with van der Waals surface area (Å²) in [5.41, 5.74) is 6.22. The molecule has 0 bridgehead atoms. The molecule has 154 valence electrons. The first-order chi connectivity index (χ1) is 14.0. The molecule has 3 aliphatic heterocycles. The van der Waals surface area contributed by atoms with Crippen molar-refractivity contribution in [1.82, 2.24) is 20.5 Å². The highest BCUT2D eigenvalue weighted by Gasteiger charge is 2.44. The predicted octanol–water partition coefficient (Wildman–Crippen LogP) is 1.38. The number of benzene rings is 1. The molecule has 0 saturated carbocycles. The zero-order chi connectivity index (χ0) is 20.1. The number of fused-ring (bicyclic) bond motifs is 1. The lowest BCUT2D eigenvalue weighted by Gasteiger charge is -2.45. The zero-order valence-electron chi connectivity index (χ0n) is 15.7. The molecule has 2 saturated heterocycles. The third kappa shape index (κ3) is 3.44. The topological polar surface area (TPSA) is 103 Å². The number of anilines is 1. The lowest BCUT2D eigenvalue weighted by Crippen LogP contribution is -2.63. The molecule has 2 atom stereocenters. The number of hydrazine groups is 1. The van der Waals surface area contributed by atoms with Crippen molar-refractivity contribution in [2.24, 2.45) is 0 Å². The van der Waals surface area contributed by atoms with Crippen LogP contribution in [-0.4, -0.2) is 44.0 Å². The van der Waals surface area contributed by atoms with E-state index >= 15 is 0 Å². The largest absolute Gasteiger partial charge is 0.365 e. The highest BCUT2D eigenvalue weighted by molar-refractivity contribution is 7.89. The van der Waals surface area contributed by atoms with E-state index in [9.17, 15) is 13.2 Å². The van der Waals surface area contributed by atoms with Gasteiger partial charge in [0.05, 0.1) is 11.7 Å². The molecule has 5 rings (SSSR count). The number of piperidine rings is 1. The van der Waals surface area contributed by atoms with Crippen LogP contribution in [0.25, 0.3) is 0 Å². The van der Waals surface area contributed by atoms with Gasteiger partial charge in [-0.15, -0.1) is 11.3 Å². The predicted molar refractivity (Wildman–Crippen MR) is 111 cm³/mol. The molecule has 1 spiro atoms. The van der Waals surface area contributed by atoms with Crippen LogP contribution in [0.4, 0.5) is 5.69 Å². The van der Waals surface area contributed by atoms with E-state index in [1.165, 1.54) is 4.88 Å². The van der Waals surface area contributed by atoms with E-state index in [1.54, 1.807) is 29.5 Å². The maximum absolute atomic E-state index is 13.0. The summed E-state index contributed by atoms with van der Waals surface area (Å²) in [5, 5.41) is 5.40. The number of amides is 1. The Bertz CT molecular complexity index is 1020. The van der Waals surface area contributed by atoms with Gasteiger partial charge in [0.2, 0.25) is 15.9 Å². The van der Waals surface area contributed by atoms with E-state index < -0.39 is 15.7 Å². The van der Waals surface area contributed by atoms with Crippen LogP contribution in [0.5, 0.6) is 0 Å². The summed E-state index contributed by atoms with van der Waals surface area (Å²) in [6.07, 6.45) is 1.74. The van der Waals surface area contributed by atoms with Crippen molar-refractivity contribution in [2.45, 2.75) is 41.9 Å². The molecular weight excluding hydrogens is 410 g/mol. The SMILES string of the molecule is O=C(C1CC(c2cccs2)NN1)N1CCC2(CC1)Nc1ccccc1S(=O)(=O)N2. The summed E-state index contributed by atoms with van der Waals surface area (Å²) in [4.78, 5) is 16.3. The van der Waals surface area contributed by atoms with Crippen LogP contribution in [-0.2, 0) is 14.8 Å². The van der Waals surface area contributed by atoms with Crippen molar-refractivity contribution in [1.29, 1.82) is 0 Å². The Labute approximate surface area is 173 Å². The van der Waals surface area contributed by atoms with E-state index in [-0.39, 0.29) is 22.9 Å². The molecule has 3 aliphatic rings. The summed E-state index contributed by atoms with van der Waals surface area (Å²) >= 11 is 1.68. The van der Waals surface area contributed by atoms with Crippen molar-refractivity contribution in [3.8, 4) is 0 Å². The van der Waals surface area contributed by atoms with Crippen molar-refractivity contribution in [2.75, 3.05) is 18.4 Å². The summed E-state index contributed by atoms with van der Waals surface area (Å²) in [7, 11) is -3.57. The number of hydrogen-bond acceptors (Lipinski definition) is 7. The van der Waals surface area contributed by atoms with Gasteiger partial charge in [0.1, 0.15) is 16.6 Å². The fourth-order valence-electron chi connectivity index (χ4n) is 4.35. The van der Waals surface area contributed by atoms with Crippen molar-refractivity contribution in [3.63, 3.8) is 0 Å². The summed E-state index contributed by atoms with van der Waals surface area (Å²) in [6, 6.07) is 10.9. The monoisotopic (exact) mass is 433 g/mol. The molecule has 0 aliphatic carbocycles. The minimum Gasteiger partial charge on any atom is -0.365 e. The number of carbonyl (C=O) groups excluding carboxylic acids is 1. The van der Waals surface area contributed by atoms with Crippen LogP contribution in [0.3, 0.4) is 0 Å². The van der Waals surface area contributed by atoms with Gasteiger partial charge in [0.25, 0.3) is 0 Å². The number of hydrogen-bond donors (Lipinski definition) is 4. The molecule has 1 aromatic heterocycles. The second-order valence-electron chi connectivity index (χ2n) is 7.78. The van der Waals surface area contributed by atoms with E-state index in [4.69, 9.17) is 0 Å². The maximum Gasteiger partial charge on any atom is 0.244 e. The number of para-hydroxylation sites is 1. The van der Waals surface area contributed by atoms with Crippen LogP contribution < -0.4 is 20.9 Å². The lowest BCUT2D eigenvalue weighted by molar-refractivity contribution is -0.134. The van der Waals surface area contributed by atoms with Crippen molar-refractivity contribution >= 4 is 33.0 Å². The third-order valence-electron chi connectivity index (χ3n) is 5.90. The van der Waals surface area contributed by atoms with E-state index in [2.05, 4.69) is 27.0 Å². The Morgan fingerprint density at radius 1 is 1.10 bits per heavy atom. The Hall–Kier alpha value is -1.98. The first-order valence-electron chi connectivity index (χ1n) is 9.70. The summed E-state index contributed by atoms with van der Waals surface area (Å²) in [5.74, 6) is 0.0606. The molecule has 2 fully saturated rings. The van der Waals surface area contributed by atoms with Gasteiger partial charge in [0.15, 0.2) is 0 Å². The Morgan fingerprint density at radius 3 is 2.66 bits per heavy atom. The van der Waals surface area contributed by atoms with Gasteiger partial charge in [-0.3, -0.25) is 4.79 Å². The second-order valence-corrected chi connectivity index (χ2v) is 10.4. The molecule has 1 amide bonds. The fraction of sp³-hybridized carbons (Fsp3) is 0.421. The number of nitrogens with one attached hydrogen (secondary N) is 4. The van der Waals surface area contributed by atoms with E-state index in [1.807, 2.05) is 22.4 Å². The highest BCUT2D eigenvalue weighted by Crippen LogP contribution is 2.35. The number of sulfonamides is 1. The van der Waals surface area contributed by atoms with Crippen LogP contribution in [0.15, 0.2) is 46.7 Å². The van der Waals surface area contributed by atoms with Crippen LogP contribution in [0.1, 0.15) is 30.2 Å². The highest BCUT2D eigenvalue weighted by atomic mass is 32.2. The number of thiophene rings is 1. The third-order valence-corrected chi connectivity index (χ3v) is 8.48. The molecule has 29 heavy (non-hydrogen) atoms. The average Bonchev–Trinajstić information content (AvgIpc) is 3.39. The van der Waals surface area contributed by atoms with Gasteiger partial charge < -0.3 is 10.2 Å². The van der Waals surface area contributed by atoms with E-state index in [0.29, 0.717) is 38.0 Å². The minimum atomic E-state index is -3.57. The van der Waals surface area contributed by atoms with Crippen molar-refractivity contribution < 1.29 is 13.2 Å². The smallest absolute Gasteiger partial charge is 0.244 e. The quantitative estimate of drug-likeness (QED) is 0.571. The van der Waals surface area contributed by atoms with Gasteiger partial charge in [0, 0.05) is 30.8 Å². The Morgan fingerprint density at radius 2 is 1.90 bits per heavy atom. The normalized spacial score (nSPS) is 27.4. The van der Waals surface area contributed by atoms with Crippen LogP contribution >= 0.6 is 11.3 Å². The standard InChI is InChI=1S/C19H23N5O3S2/c25-18(15-12-14(21-22-15)16-5-3-11-28-16)24-9-7-19(8-10-24)20-13-4-1-2-6-17(13)29(26,27)23-19/h1-6,11,14-15,20-23H,7-10,12H2. The zero-order valence-corrected chi connectivity index (χ0v) is 17.4. The number of likely N-dealkylation sites (tertiary alicyclic amines) is 1. The van der Waals surface area contributed by atoms with Gasteiger partial charge in [-0.05, 0) is 30.0 Å². The summed E-state index contributed by atoms with van der Waals surface area (Å²) in [6.45, 7) is 0.997. The lowest BCUT2D eigenvalue weighted by atomic mass is 9.96. The number of rotatable bonds is 2. The number of nitrogens with zero attached hydrogens (tertiary/aromatic N) is 1. The average molecular weight is 434 g/mol. The first kappa shape index (κ1) is 19.0. The maximum atomic E-state index is 13.0. The minimum absolute atomic E-state index is 0.0606. The molecule has 2 unspecified atom stereocenters. The van der Waals surface area contributed by atoms with Crippen molar-refractivity contribution in [3.05, 3.63) is 46.7 Å². The molecule has 4 N–H and O–H groups in total. The van der Waals surface area contributed by atoms with Gasteiger partial charge in [-0.25, -0.2) is 19.3 Å². The Balaban J connectivity index is 1.25. The molecular formula is C19H23N5O3S2. The molecule has 1 aromatic carbocycles. The number of carbonyl (C=O) groups is 1. The van der Waals surface area contributed by atoms with Gasteiger partial charge in [-0.1, -0.05) is 18.2 Å². The molecule has 0 radical (unpaired) electrons. The second kappa shape index (κ2) is 7.06. The molecule has 4 heterocycles. The van der Waals surface area contributed by atoms with Crippen LogP contribution in [0, 0.1) is 0 Å². The summed E-state index contributed by atoms with van der Waals surface area (Å²) < 4.78 is 28.2. The first-order valence-corrected chi connectivity index (χ1v) is 12.1. The fourth-order valence-corrected chi connectivity index (χ4v) is 6.69. The van der Waals surface area contributed by atoms with Gasteiger partial charge in [-0.2, -0.15) is 4.72 Å². The molecule has 10 heteroatoms. The Kier molecular flexibility index (Phi) is 4.63. The molecule has 8 nitrogen and oxygen atoms in total. The van der Waals surface area contributed by atoms with Gasteiger partial charge >= 0.3 is 0 Å². The van der Waals surface area contributed by atoms with Crippen LogP contribution in [0.2, 0.25) is 0 Å². The molecule has 2 aromatic rings. The van der Waals surface area contributed by atoms with E-state index in [0.717, 1.165) is 0 Å².